The summed E-state index contributed by atoms with van der Waals surface area (Å²) >= 11 is 9.31. The molecule has 1 aromatic rings. The SMILES string of the molecule is COc1cc(Br)c(Cl)cc1C(C)(C)C#N. The predicted molar refractivity (Wildman–Crippen MR) is 64.3 cm³/mol. The lowest BCUT2D eigenvalue weighted by Crippen LogP contribution is -2.15. The van der Waals surface area contributed by atoms with Crippen molar-refractivity contribution in [1.29, 1.82) is 5.26 Å². The Kier molecular flexibility index (Phi) is 3.64. The van der Waals surface area contributed by atoms with Crippen LogP contribution in [0.1, 0.15) is 19.4 Å². The third-order valence-corrected chi connectivity index (χ3v) is 3.39. The predicted octanol–water partition coefficient (Wildman–Crippen LogP) is 3.91. The third-order valence-electron chi connectivity index (χ3n) is 2.20. The molecule has 0 saturated heterocycles. The fourth-order valence-electron chi connectivity index (χ4n) is 1.25. The molecule has 0 aromatic heterocycles. The van der Waals surface area contributed by atoms with E-state index in [0.29, 0.717) is 10.8 Å². The fraction of sp³-hybridized carbons (Fsp3) is 0.364. The minimum atomic E-state index is -0.615. The molecule has 0 aliphatic rings. The van der Waals surface area contributed by atoms with E-state index in [1.165, 1.54) is 0 Å². The second kappa shape index (κ2) is 4.42. The molecule has 0 fully saturated rings. The van der Waals surface area contributed by atoms with Crippen LogP contribution < -0.4 is 4.74 Å². The number of methoxy groups -OCH3 is 1. The lowest BCUT2D eigenvalue weighted by Gasteiger charge is -2.20. The molecule has 0 radical (unpaired) electrons. The highest BCUT2D eigenvalue weighted by atomic mass is 79.9. The molecule has 0 aliphatic heterocycles. The largest absolute Gasteiger partial charge is 0.496 e. The molecule has 0 amide bonds. The summed E-state index contributed by atoms with van der Waals surface area (Å²) < 4.78 is 5.99. The molecule has 15 heavy (non-hydrogen) atoms. The van der Waals surface area contributed by atoms with Crippen molar-refractivity contribution >= 4 is 27.5 Å². The van der Waals surface area contributed by atoms with Gasteiger partial charge in [0.1, 0.15) is 5.75 Å². The molecule has 0 N–H and O–H groups in total. The maximum atomic E-state index is 9.07. The first-order valence-corrected chi connectivity index (χ1v) is 5.54. The van der Waals surface area contributed by atoms with E-state index in [9.17, 15) is 0 Å². The Morgan fingerprint density at radius 3 is 2.53 bits per heavy atom. The quantitative estimate of drug-likeness (QED) is 0.826. The van der Waals surface area contributed by atoms with Crippen LogP contribution in [-0.2, 0) is 5.41 Å². The molecule has 80 valence electrons. The van der Waals surface area contributed by atoms with Gasteiger partial charge >= 0.3 is 0 Å². The van der Waals surface area contributed by atoms with Crippen molar-refractivity contribution < 1.29 is 4.74 Å². The monoisotopic (exact) mass is 287 g/mol. The highest BCUT2D eigenvalue weighted by Crippen LogP contribution is 2.37. The number of benzene rings is 1. The zero-order valence-corrected chi connectivity index (χ0v) is 11.1. The number of nitrogens with zero attached hydrogens (tertiary/aromatic N) is 1. The van der Waals surface area contributed by atoms with Gasteiger partial charge in [0.05, 0.1) is 23.6 Å². The molecule has 0 saturated carbocycles. The summed E-state index contributed by atoms with van der Waals surface area (Å²) in [6.45, 7) is 3.66. The van der Waals surface area contributed by atoms with Gasteiger partial charge in [0, 0.05) is 10.0 Å². The molecule has 1 rings (SSSR count). The third kappa shape index (κ3) is 2.45. The van der Waals surface area contributed by atoms with Gasteiger partial charge in [-0.3, -0.25) is 0 Å². The lowest BCUT2D eigenvalue weighted by molar-refractivity contribution is 0.402. The highest BCUT2D eigenvalue weighted by Gasteiger charge is 2.25. The van der Waals surface area contributed by atoms with E-state index >= 15 is 0 Å². The van der Waals surface area contributed by atoms with E-state index in [2.05, 4.69) is 22.0 Å². The minimum Gasteiger partial charge on any atom is -0.496 e. The summed E-state index contributed by atoms with van der Waals surface area (Å²) in [6, 6.07) is 5.76. The Hall–Kier alpha value is -0.720. The van der Waals surface area contributed by atoms with Crippen LogP contribution in [0, 0.1) is 11.3 Å². The topological polar surface area (TPSA) is 33.0 Å². The summed E-state index contributed by atoms with van der Waals surface area (Å²) in [6.07, 6.45) is 0. The maximum Gasteiger partial charge on any atom is 0.124 e. The van der Waals surface area contributed by atoms with Crippen molar-refractivity contribution in [1.82, 2.24) is 0 Å². The molecule has 0 heterocycles. The zero-order chi connectivity index (χ0) is 11.6. The molecule has 0 aliphatic carbocycles. The normalized spacial score (nSPS) is 10.9. The van der Waals surface area contributed by atoms with Gasteiger partial charge in [-0.2, -0.15) is 5.26 Å². The van der Waals surface area contributed by atoms with E-state index in [0.717, 1.165) is 10.0 Å². The number of nitriles is 1. The first-order chi connectivity index (χ1) is 6.92. The Morgan fingerprint density at radius 2 is 2.07 bits per heavy atom. The van der Waals surface area contributed by atoms with Crippen molar-refractivity contribution in [3.63, 3.8) is 0 Å². The van der Waals surface area contributed by atoms with Gasteiger partial charge in [0.2, 0.25) is 0 Å². The average molecular weight is 289 g/mol. The van der Waals surface area contributed by atoms with Gasteiger partial charge in [-0.25, -0.2) is 0 Å². The Labute approximate surface area is 103 Å². The van der Waals surface area contributed by atoms with Crippen LogP contribution in [0.25, 0.3) is 0 Å². The van der Waals surface area contributed by atoms with Gasteiger partial charge in [-0.05, 0) is 41.9 Å². The number of hydrogen-bond acceptors (Lipinski definition) is 2. The van der Waals surface area contributed by atoms with Crippen molar-refractivity contribution in [3.05, 3.63) is 27.2 Å². The summed E-state index contributed by atoms with van der Waals surface area (Å²) in [4.78, 5) is 0. The fourth-order valence-corrected chi connectivity index (χ4v) is 1.73. The van der Waals surface area contributed by atoms with Crippen molar-refractivity contribution in [2.24, 2.45) is 0 Å². The molecule has 0 bridgehead atoms. The Balaban J connectivity index is 3.42. The standard InChI is InChI=1S/C11H11BrClNO/c1-11(2,6-14)7-4-9(13)8(12)5-10(7)15-3/h4-5H,1-3H3. The summed E-state index contributed by atoms with van der Waals surface area (Å²) in [7, 11) is 1.58. The number of ether oxygens (including phenoxy) is 1. The van der Waals surface area contributed by atoms with Crippen molar-refractivity contribution in [3.8, 4) is 11.8 Å². The van der Waals surface area contributed by atoms with Crippen LogP contribution >= 0.6 is 27.5 Å². The number of halogens is 2. The summed E-state index contributed by atoms with van der Waals surface area (Å²) in [5.74, 6) is 0.665. The average Bonchev–Trinajstić information content (AvgIpc) is 2.21. The number of hydrogen-bond donors (Lipinski definition) is 0. The van der Waals surface area contributed by atoms with E-state index < -0.39 is 5.41 Å². The van der Waals surface area contributed by atoms with Gasteiger partial charge < -0.3 is 4.74 Å². The molecule has 2 nitrogen and oxygen atoms in total. The van der Waals surface area contributed by atoms with Gasteiger partial charge in [0.15, 0.2) is 0 Å². The van der Waals surface area contributed by atoms with Crippen molar-refractivity contribution in [2.45, 2.75) is 19.3 Å². The van der Waals surface area contributed by atoms with E-state index in [-0.39, 0.29) is 0 Å². The van der Waals surface area contributed by atoms with Crippen LogP contribution in [0.4, 0.5) is 0 Å². The molecule has 4 heteroatoms. The zero-order valence-electron chi connectivity index (χ0n) is 8.77. The molecule has 1 aromatic carbocycles. The van der Waals surface area contributed by atoms with Gasteiger partial charge in [-0.15, -0.1) is 0 Å². The second-order valence-electron chi connectivity index (χ2n) is 3.70. The van der Waals surface area contributed by atoms with Gasteiger partial charge in [0.25, 0.3) is 0 Å². The van der Waals surface area contributed by atoms with Crippen LogP contribution in [0.3, 0.4) is 0 Å². The van der Waals surface area contributed by atoms with E-state index in [1.807, 2.05) is 13.8 Å². The molecule has 0 spiro atoms. The summed E-state index contributed by atoms with van der Waals surface area (Å²) in [5, 5.41) is 9.65. The van der Waals surface area contributed by atoms with Crippen molar-refractivity contribution in [2.75, 3.05) is 7.11 Å². The van der Waals surface area contributed by atoms with Crippen LogP contribution in [0.15, 0.2) is 16.6 Å². The summed E-state index contributed by atoms with van der Waals surface area (Å²) in [5.41, 5.74) is 0.177. The van der Waals surface area contributed by atoms with Crippen LogP contribution in [0.2, 0.25) is 5.02 Å². The van der Waals surface area contributed by atoms with Gasteiger partial charge in [-0.1, -0.05) is 11.6 Å². The number of rotatable bonds is 2. The smallest absolute Gasteiger partial charge is 0.124 e. The van der Waals surface area contributed by atoms with E-state index in [1.54, 1.807) is 19.2 Å². The van der Waals surface area contributed by atoms with Crippen LogP contribution in [-0.4, -0.2) is 7.11 Å². The Morgan fingerprint density at radius 1 is 1.47 bits per heavy atom. The lowest BCUT2D eigenvalue weighted by atomic mass is 9.86. The highest BCUT2D eigenvalue weighted by molar-refractivity contribution is 9.10. The molecule has 0 unspecified atom stereocenters. The first-order valence-electron chi connectivity index (χ1n) is 4.37. The molecular formula is C11H11BrClNO. The minimum absolute atomic E-state index is 0.578. The molecule has 0 atom stereocenters. The maximum absolute atomic E-state index is 9.07. The first kappa shape index (κ1) is 12.4. The molecular weight excluding hydrogens is 277 g/mol. The second-order valence-corrected chi connectivity index (χ2v) is 4.96. The Bertz CT molecular complexity index is 423. The van der Waals surface area contributed by atoms with E-state index in [4.69, 9.17) is 21.6 Å². The van der Waals surface area contributed by atoms with Crippen LogP contribution in [0.5, 0.6) is 5.75 Å².